The van der Waals surface area contributed by atoms with E-state index in [4.69, 9.17) is 0 Å². The molecule has 6 nitrogen and oxygen atoms in total. The summed E-state index contributed by atoms with van der Waals surface area (Å²) in [5.74, 6) is 0.185. The molecular weight excluding hydrogens is 328 g/mol. The van der Waals surface area contributed by atoms with E-state index in [9.17, 15) is 9.59 Å². The number of aryl methyl sites for hydroxylation is 2. The van der Waals surface area contributed by atoms with Gasteiger partial charge in [0.1, 0.15) is 0 Å². The Labute approximate surface area is 153 Å². The highest BCUT2D eigenvalue weighted by Gasteiger charge is 2.31. The highest BCUT2D eigenvalue weighted by molar-refractivity contribution is 5.82. The zero-order chi connectivity index (χ0) is 18.1. The third-order valence-electron chi connectivity index (χ3n) is 5.41. The Hall–Kier alpha value is -2.37. The normalized spacial score (nSPS) is 20.3. The molecule has 1 N–H and O–H groups in total. The number of amides is 2. The second-order valence-corrected chi connectivity index (χ2v) is 7.64. The number of hydrogen-bond acceptors (Lipinski definition) is 3. The fourth-order valence-electron chi connectivity index (χ4n) is 3.68. The first kappa shape index (κ1) is 17.1. The minimum absolute atomic E-state index is 0.0542. The first-order valence-electron chi connectivity index (χ1n) is 9.60. The van der Waals surface area contributed by atoms with Crippen LogP contribution in [0.5, 0.6) is 0 Å². The zero-order valence-electron chi connectivity index (χ0n) is 15.3. The SMILES string of the molecule is Cc1ccc2cnn(CCC(=O)N3CCC[C@H](C(=O)NC4CC4)C3)c2c1. The molecule has 4 rings (SSSR count). The number of carbonyl (C=O) groups is 2. The number of aromatic nitrogens is 2. The number of fused-ring (bicyclic) bond motifs is 1. The van der Waals surface area contributed by atoms with Crippen molar-refractivity contribution in [2.45, 2.75) is 51.6 Å². The number of benzene rings is 1. The van der Waals surface area contributed by atoms with Gasteiger partial charge in [0.05, 0.1) is 24.2 Å². The topological polar surface area (TPSA) is 67.2 Å². The number of carbonyl (C=O) groups excluding carboxylic acids is 2. The van der Waals surface area contributed by atoms with E-state index in [-0.39, 0.29) is 17.7 Å². The first-order valence-corrected chi connectivity index (χ1v) is 9.60. The van der Waals surface area contributed by atoms with Gasteiger partial charge < -0.3 is 10.2 Å². The monoisotopic (exact) mass is 354 g/mol. The van der Waals surface area contributed by atoms with Crippen LogP contribution in [0.2, 0.25) is 0 Å². The van der Waals surface area contributed by atoms with E-state index in [1.807, 2.05) is 15.8 Å². The molecule has 2 fully saturated rings. The van der Waals surface area contributed by atoms with Crippen molar-refractivity contribution >= 4 is 22.7 Å². The van der Waals surface area contributed by atoms with Gasteiger partial charge in [-0.1, -0.05) is 12.1 Å². The predicted molar refractivity (Wildman–Crippen MR) is 99.6 cm³/mol. The molecule has 1 saturated carbocycles. The molecule has 1 aromatic carbocycles. The largest absolute Gasteiger partial charge is 0.353 e. The van der Waals surface area contributed by atoms with E-state index in [2.05, 4.69) is 35.5 Å². The van der Waals surface area contributed by atoms with Gasteiger partial charge in [-0.15, -0.1) is 0 Å². The molecular formula is C20H26N4O2. The van der Waals surface area contributed by atoms with Gasteiger partial charge >= 0.3 is 0 Å². The fourth-order valence-corrected chi connectivity index (χ4v) is 3.68. The molecule has 26 heavy (non-hydrogen) atoms. The quantitative estimate of drug-likeness (QED) is 0.895. The van der Waals surface area contributed by atoms with Gasteiger partial charge in [0.25, 0.3) is 0 Å². The lowest BCUT2D eigenvalue weighted by Gasteiger charge is -2.32. The Bertz CT molecular complexity index is 824. The molecule has 0 radical (unpaired) electrons. The Morgan fingerprint density at radius 2 is 2.12 bits per heavy atom. The molecule has 2 heterocycles. The first-order chi connectivity index (χ1) is 12.6. The molecule has 2 aliphatic rings. The zero-order valence-corrected chi connectivity index (χ0v) is 15.3. The molecule has 1 aliphatic carbocycles. The summed E-state index contributed by atoms with van der Waals surface area (Å²) in [5, 5.41) is 8.59. The van der Waals surface area contributed by atoms with Gasteiger partial charge in [0, 0.05) is 30.9 Å². The Kier molecular flexibility index (Phi) is 4.66. The number of hydrogen-bond donors (Lipinski definition) is 1. The summed E-state index contributed by atoms with van der Waals surface area (Å²) < 4.78 is 1.90. The molecule has 1 atom stereocenters. The summed E-state index contributed by atoms with van der Waals surface area (Å²) in [6.07, 6.45) is 6.24. The average Bonchev–Trinajstić information content (AvgIpc) is 3.38. The van der Waals surface area contributed by atoms with E-state index in [0.29, 0.717) is 25.6 Å². The maximum atomic E-state index is 12.7. The van der Waals surface area contributed by atoms with Gasteiger partial charge in [-0.3, -0.25) is 14.3 Å². The van der Waals surface area contributed by atoms with Gasteiger partial charge in [-0.25, -0.2) is 0 Å². The summed E-state index contributed by atoms with van der Waals surface area (Å²) >= 11 is 0. The lowest BCUT2D eigenvalue weighted by Crippen LogP contribution is -2.46. The Morgan fingerprint density at radius 3 is 2.92 bits per heavy atom. The number of piperidine rings is 1. The number of nitrogens with one attached hydrogen (secondary N) is 1. The second kappa shape index (κ2) is 7.09. The van der Waals surface area contributed by atoms with Crippen molar-refractivity contribution in [1.82, 2.24) is 20.0 Å². The number of rotatable bonds is 5. The standard InChI is InChI=1S/C20H26N4O2/c1-14-4-5-15-12-21-24(18(15)11-14)10-8-19(25)23-9-2-3-16(13-23)20(26)22-17-6-7-17/h4-5,11-12,16-17H,2-3,6-10,13H2,1H3,(H,22,26)/t16-/m0/s1. The van der Waals surface area contributed by atoms with Crippen LogP contribution < -0.4 is 5.32 Å². The summed E-state index contributed by atoms with van der Waals surface area (Å²) in [6, 6.07) is 6.61. The van der Waals surface area contributed by atoms with Crippen molar-refractivity contribution in [2.24, 2.45) is 5.92 Å². The van der Waals surface area contributed by atoms with E-state index < -0.39 is 0 Å². The van der Waals surface area contributed by atoms with E-state index in [0.717, 1.165) is 43.1 Å². The van der Waals surface area contributed by atoms with E-state index in [1.165, 1.54) is 5.56 Å². The van der Waals surface area contributed by atoms with Gasteiger partial charge in [-0.2, -0.15) is 5.10 Å². The maximum absolute atomic E-state index is 12.7. The summed E-state index contributed by atoms with van der Waals surface area (Å²) in [7, 11) is 0. The van der Waals surface area contributed by atoms with Crippen LogP contribution in [-0.4, -0.2) is 45.6 Å². The molecule has 2 aromatic rings. The maximum Gasteiger partial charge on any atom is 0.225 e. The van der Waals surface area contributed by atoms with Crippen molar-refractivity contribution in [3.05, 3.63) is 30.0 Å². The van der Waals surface area contributed by atoms with Crippen LogP contribution >= 0.6 is 0 Å². The fraction of sp³-hybridized carbons (Fsp3) is 0.550. The second-order valence-electron chi connectivity index (χ2n) is 7.64. The highest BCUT2D eigenvalue weighted by atomic mass is 16.2. The lowest BCUT2D eigenvalue weighted by atomic mass is 9.97. The van der Waals surface area contributed by atoms with Crippen LogP contribution in [0.15, 0.2) is 24.4 Å². The van der Waals surface area contributed by atoms with Crippen LogP contribution in [0.1, 0.15) is 37.7 Å². The third-order valence-corrected chi connectivity index (χ3v) is 5.41. The molecule has 0 bridgehead atoms. The minimum Gasteiger partial charge on any atom is -0.353 e. The highest BCUT2D eigenvalue weighted by Crippen LogP contribution is 2.23. The van der Waals surface area contributed by atoms with Crippen molar-refractivity contribution in [3.63, 3.8) is 0 Å². The summed E-state index contributed by atoms with van der Waals surface area (Å²) in [5.41, 5.74) is 2.25. The molecule has 0 unspecified atom stereocenters. The third kappa shape index (κ3) is 3.74. The van der Waals surface area contributed by atoms with Crippen molar-refractivity contribution < 1.29 is 9.59 Å². The van der Waals surface area contributed by atoms with Crippen LogP contribution in [-0.2, 0) is 16.1 Å². The molecule has 6 heteroatoms. The molecule has 2 amide bonds. The number of likely N-dealkylation sites (tertiary alicyclic amines) is 1. The van der Waals surface area contributed by atoms with Crippen LogP contribution in [0.25, 0.3) is 10.9 Å². The molecule has 138 valence electrons. The van der Waals surface area contributed by atoms with Gasteiger partial charge in [-0.05, 0) is 44.2 Å². The van der Waals surface area contributed by atoms with Gasteiger partial charge in [0.15, 0.2) is 0 Å². The predicted octanol–water partition coefficient (Wildman–Crippen LogP) is 2.25. The average molecular weight is 354 g/mol. The van der Waals surface area contributed by atoms with Crippen molar-refractivity contribution in [2.75, 3.05) is 13.1 Å². The lowest BCUT2D eigenvalue weighted by molar-refractivity contribution is -0.136. The minimum atomic E-state index is -0.0542. The van der Waals surface area contributed by atoms with Crippen molar-refractivity contribution in [1.29, 1.82) is 0 Å². The van der Waals surface area contributed by atoms with E-state index in [1.54, 1.807) is 0 Å². The van der Waals surface area contributed by atoms with Crippen LogP contribution in [0, 0.1) is 12.8 Å². The molecule has 1 saturated heterocycles. The van der Waals surface area contributed by atoms with Gasteiger partial charge in [0.2, 0.25) is 11.8 Å². The number of nitrogens with zero attached hydrogens (tertiary/aromatic N) is 3. The molecule has 1 aliphatic heterocycles. The smallest absolute Gasteiger partial charge is 0.225 e. The van der Waals surface area contributed by atoms with E-state index >= 15 is 0 Å². The summed E-state index contributed by atoms with van der Waals surface area (Å²) in [6.45, 7) is 3.94. The Balaban J connectivity index is 1.34. The van der Waals surface area contributed by atoms with Crippen LogP contribution in [0.3, 0.4) is 0 Å². The summed E-state index contributed by atoms with van der Waals surface area (Å²) in [4.78, 5) is 26.8. The molecule has 1 aromatic heterocycles. The van der Waals surface area contributed by atoms with Crippen molar-refractivity contribution in [3.8, 4) is 0 Å². The van der Waals surface area contributed by atoms with Crippen LogP contribution in [0.4, 0.5) is 0 Å². The Morgan fingerprint density at radius 1 is 1.27 bits per heavy atom. The molecule has 0 spiro atoms.